The van der Waals surface area contributed by atoms with Crippen molar-refractivity contribution < 1.29 is 56.0 Å². The van der Waals surface area contributed by atoms with E-state index in [0.717, 1.165) is 31.3 Å². The third-order valence-corrected chi connectivity index (χ3v) is 11.4. The molecule has 0 aliphatic carbocycles. The third-order valence-electron chi connectivity index (χ3n) is 9.96. The summed E-state index contributed by atoms with van der Waals surface area (Å²) in [5, 5.41) is 11.9. The van der Waals surface area contributed by atoms with Crippen molar-refractivity contribution in [3.8, 4) is 6.07 Å². The maximum Gasteiger partial charge on any atom is 0.512 e. The van der Waals surface area contributed by atoms with E-state index in [1.54, 1.807) is 30.1 Å². The SMILES string of the molecule is CC(SC1COC(C=CC=Cc2ccc(C#N)cc2F)OC1)C(Cn1cncn1)(OC(=O)OCOC(=O)CCC(=O)N1CC(N2CCOCC2)C1)c1ccc(F)cc1F. The topological polar surface area (TPSA) is 168 Å². The van der Waals surface area contributed by atoms with Gasteiger partial charge in [0.25, 0.3) is 0 Å². The predicted molar refractivity (Wildman–Crippen MR) is 204 cm³/mol. The van der Waals surface area contributed by atoms with Crippen molar-refractivity contribution in [2.45, 2.75) is 54.7 Å². The fourth-order valence-electron chi connectivity index (χ4n) is 6.72. The van der Waals surface area contributed by atoms with Gasteiger partial charge in [-0.2, -0.15) is 10.4 Å². The molecule has 1 amide bonds. The molecule has 0 saturated carbocycles. The first-order chi connectivity index (χ1) is 28.5. The molecule has 15 nitrogen and oxygen atoms in total. The van der Waals surface area contributed by atoms with Crippen molar-refractivity contribution >= 4 is 35.9 Å². The van der Waals surface area contributed by atoms with E-state index >= 15 is 4.39 Å². The molecule has 59 heavy (non-hydrogen) atoms. The second kappa shape index (κ2) is 20.6. The molecule has 19 heteroatoms. The second-order valence-corrected chi connectivity index (χ2v) is 15.5. The van der Waals surface area contributed by atoms with Gasteiger partial charge in [-0.05, 0) is 37.3 Å². The standard InChI is InChI=1S/C40H43F3N6O9S/c1-27(59-32-21-54-38(55-22-32)5-3-2-4-29-7-6-28(18-44)16-34(29)42)40(23-49-25-45-24-46-49,33-9-8-30(41)17-35(33)43)58-39(52)57-26-56-37(51)11-10-36(50)48-19-31(20-48)47-12-14-53-15-13-47/h2-9,16-17,24-25,27,31-32,38H,10-15,19-23,26H2,1H3. The number of ether oxygens (including phenoxy) is 6. The molecule has 0 spiro atoms. The van der Waals surface area contributed by atoms with Gasteiger partial charge in [0.1, 0.15) is 30.1 Å². The third kappa shape index (κ3) is 11.7. The number of aromatic nitrogens is 3. The van der Waals surface area contributed by atoms with E-state index in [1.165, 1.54) is 47.3 Å². The number of rotatable bonds is 16. The first-order valence-corrected chi connectivity index (χ1v) is 19.8. The summed E-state index contributed by atoms with van der Waals surface area (Å²) in [6, 6.07) is 9.17. The van der Waals surface area contributed by atoms with Crippen LogP contribution in [0, 0.1) is 28.8 Å². The van der Waals surface area contributed by atoms with Crippen molar-refractivity contribution in [1.82, 2.24) is 24.6 Å². The van der Waals surface area contributed by atoms with Crippen LogP contribution in [-0.2, 0) is 50.2 Å². The number of thioether (sulfide) groups is 1. The van der Waals surface area contributed by atoms with Crippen LogP contribution in [0.2, 0.25) is 0 Å². The van der Waals surface area contributed by atoms with Crippen LogP contribution in [0.1, 0.15) is 36.5 Å². The highest BCUT2D eigenvalue weighted by Crippen LogP contribution is 2.42. The Kier molecular flexibility index (Phi) is 15.1. The summed E-state index contributed by atoms with van der Waals surface area (Å²) in [5.41, 5.74) is -1.58. The van der Waals surface area contributed by atoms with Gasteiger partial charge in [-0.3, -0.25) is 14.5 Å². The van der Waals surface area contributed by atoms with E-state index in [4.69, 9.17) is 33.7 Å². The first-order valence-electron chi connectivity index (χ1n) is 18.8. The molecule has 2 atom stereocenters. The largest absolute Gasteiger partial charge is 0.512 e. The Balaban J connectivity index is 1.04. The van der Waals surface area contributed by atoms with E-state index < -0.39 is 53.5 Å². The van der Waals surface area contributed by atoms with Crippen LogP contribution in [-0.4, -0.2) is 125 Å². The van der Waals surface area contributed by atoms with Crippen molar-refractivity contribution in [2.24, 2.45) is 0 Å². The number of likely N-dealkylation sites (tertiary alicyclic amines) is 1. The number of esters is 1. The zero-order valence-corrected chi connectivity index (χ0v) is 32.9. The second-order valence-electron chi connectivity index (χ2n) is 13.9. The normalized spacial score (nSPS) is 20.4. The molecule has 0 bridgehead atoms. The van der Waals surface area contributed by atoms with Gasteiger partial charge >= 0.3 is 12.1 Å². The Morgan fingerprint density at radius 3 is 2.51 bits per heavy atom. The smallest absolute Gasteiger partial charge is 0.428 e. The number of morpholine rings is 1. The quantitative estimate of drug-likeness (QED) is 0.112. The van der Waals surface area contributed by atoms with Gasteiger partial charge < -0.3 is 33.3 Å². The number of nitriles is 1. The highest BCUT2D eigenvalue weighted by Gasteiger charge is 2.47. The Hall–Kier alpha value is -5.26. The minimum atomic E-state index is -1.90. The van der Waals surface area contributed by atoms with Gasteiger partial charge in [0.15, 0.2) is 11.9 Å². The van der Waals surface area contributed by atoms with Gasteiger partial charge in [0.2, 0.25) is 12.7 Å². The molecule has 314 valence electrons. The Labute approximate surface area is 342 Å². The summed E-state index contributed by atoms with van der Waals surface area (Å²) in [7, 11) is 0. The number of halogens is 3. The van der Waals surface area contributed by atoms with E-state index in [0.29, 0.717) is 37.9 Å². The monoisotopic (exact) mass is 840 g/mol. The molecule has 2 unspecified atom stereocenters. The lowest BCUT2D eigenvalue weighted by Crippen LogP contribution is -2.62. The van der Waals surface area contributed by atoms with Crippen LogP contribution >= 0.6 is 11.8 Å². The van der Waals surface area contributed by atoms with Crippen molar-refractivity contribution in [3.63, 3.8) is 0 Å². The average Bonchev–Trinajstić information content (AvgIpc) is 3.72. The van der Waals surface area contributed by atoms with E-state index in [-0.39, 0.29) is 60.9 Å². The number of nitrogens with zero attached hydrogens (tertiary/aromatic N) is 6. The van der Waals surface area contributed by atoms with Gasteiger partial charge in [0.05, 0.1) is 56.3 Å². The number of benzene rings is 2. The van der Waals surface area contributed by atoms with Crippen LogP contribution in [0.3, 0.4) is 0 Å². The molecule has 6 rings (SSSR count). The summed E-state index contributed by atoms with van der Waals surface area (Å²) >= 11 is 1.25. The molecule has 0 N–H and O–H groups in total. The molecular weight excluding hydrogens is 798 g/mol. The fraction of sp³-hybridized carbons (Fsp3) is 0.450. The summed E-state index contributed by atoms with van der Waals surface area (Å²) in [6.07, 6.45) is 6.59. The summed E-state index contributed by atoms with van der Waals surface area (Å²) in [4.78, 5) is 46.3. The molecule has 4 heterocycles. The maximum absolute atomic E-state index is 15.7. The summed E-state index contributed by atoms with van der Waals surface area (Å²) in [5.74, 6) is -3.36. The molecule has 3 aromatic rings. The predicted octanol–water partition coefficient (Wildman–Crippen LogP) is 4.57. The molecule has 2 aromatic carbocycles. The van der Waals surface area contributed by atoms with Crippen molar-refractivity contribution in [1.29, 1.82) is 5.26 Å². The summed E-state index contributed by atoms with van der Waals surface area (Å²) in [6.45, 7) is 4.99. The van der Waals surface area contributed by atoms with Crippen molar-refractivity contribution in [2.75, 3.05) is 59.4 Å². The highest BCUT2D eigenvalue weighted by molar-refractivity contribution is 8.00. The molecule has 1 aromatic heterocycles. The number of carbonyl (C=O) groups excluding carboxylic acids is 3. The van der Waals surface area contributed by atoms with E-state index in [9.17, 15) is 23.2 Å². The molecular formula is C40H43F3N6O9S. The summed E-state index contributed by atoms with van der Waals surface area (Å²) < 4.78 is 78.6. The van der Waals surface area contributed by atoms with Gasteiger partial charge in [-0.1, -0.05) is 24.3 Å². The van der Waals surface area contributed by atoms with E-state index in [1.807, 2.05) is 6.07 Å². The van der Waals surface area contributed by atoms with Crippen molar-refractivity contribution in [3.05, 3.63) is 101 Å². The molecule has 3 aliphatic rings. The zero-order chi connectivity index (χ0) is 41.8. The number of hydrogen-bond donors (Lipinski definition) is 0. The fourth-order valence-corrected chi connectivity index (χ4v) is 8.08. The van der Waals surface area contributed by atoms with Crippen LogP contribution in [0.4, 0.5) is 18.0 Å². The lowest BCUT2D eigenvalue weighted by Gasteiger charge is -2.46. The number of amides is 1. The van der Waals surface area contributed by atoms with Crippen LogP contribution < -0.4 is 0 Å². The van der Waals surface area contributed by atoms with Crippen LogP contribution in [0.15, 0.2) is 67.3 Å². The number of allylic oxidation sites excluding steroid dienone is 2. The molecule has 0 radical (unpaired) electrons. The Morgan fingerprint density at radius 2 is 1.81 bits per heavy atom. The molecule has 3 aliphatic heterocycles. The Morgan fingerprint density at radius 1 is 1.03 bits per heavy atom. The lowest BCUT2D eigenvalue weighted by molar-refractivity contribution is -0.157. The van der Waals surface area contributed by atoms with Crippen LogP contribution in [0.5, 0.6) is 0 Å². The van der Waals surface area contributed by atoms with Crippen LogP contribution in [0.25, 0.3) is 6.08 Å². The first kappa shape index (κ1) is 43.3. The van der Waals surface area contributed by atoms with E-state index in [2.05, 4.69) is 15.0 Å². The molecule has 3 fully saturated rings. The zero-order valence-electron chi connectivity index (χ0n) is 32.1. The number of carbonyl (C=O) groups is 3. The van der Waals surface area contributed by atoms with Gasteiger partial charge in [-0.25, -0.2) is 27.6 Å². The molecule has 3 saturated heterocycles. The lowest BCUT2D eigenvalue weighted by atomic mass is 9.89. The Bertz CT molecular complexity index is 2020. The average molecular weight is 841 g/mol. The van der Waals surface area contributed by atoms with Gasteiger partial charge in [-0.15, -0.1) is 11.8 Å². The minimum Gasteiger partial charge on any atom is -0.428 e. The minimum absolute atomic E-state index is 0.0809. The number of hydrogen-bond acceptors (Lipinski definition) is 14. The highest BCUT2D eigenvalue weighted by atomic mass is 32.2. The maximum atomic E-state index is 15.7. The van der Waals surface area contributed by atoms with Gasteiger partial charge in [0, 0.05) is 61.1 Å².